The van der Waals surface area contributed by atoms with Crippen molar-refractivity contribution in [3.8, 4) is 0 Å². The minimum Gasteiger partial charge on any atom is -0.155 e. The average Bonchev–Trinajstić information content (AvgIpc) is 0.918. The van der Waals surface area contributed by atoms with Crippen LogP contribution in [0.2, 0.25) is 0 Å². The van der Waals surface area contributed by atoms with Gasteiger partial charge in [-0.05, 0) is 0 Å². The molecule has 0 saturated heterocycles. The lowest BCUT2D eigenvalue weighted by atomic mass is 12.0. The zero-order chi connectivity index (χ0) is 2.71. The number of hydrogen-bond donors (Lipinski definition) is 0. The highest BCUT2D eigenvalue weighted by molar-refractivity contribution is 7.22. The van der Waals surface area contributed by atoms with Gasteiger partial charge in [0.25, 0.3) is 0 Å². The van der Waals surface area contributed by atoms with Crippen LogP contribution in [0.3, 0.4) is 0 Å². The van der Waals surface area contributed by atoms with Gasteiger partial charge in [-0.15, -0.1) is 0 Å². The lowest BCUT2D eigenvalue weighted by Crippen LogP contribution is -1.36. The molecule has 0 rings (SSSR count). The van der Waals surface area contributed by atoms with Gasteiger partial charge in [-0.3, -0.25) is 0 Å². The van der Waals surface area contributed by atoms with E-state index in [1.807, 2.05) is 0 Å². The van der Waals surface area contributed by atoms with E-state index in [1.165, 1.54) is 0 Å². The molecule has 3 heteroatoms. The highest BCUT2D eigenvalue weighted by Gasteiger charge is 1.46. The van der Waals surface area contributed by atoms with Crippen molar-refractivity contribution in [1.29, 1.82) is 0 Å². The molecule has 6 heavy (non-hydrogen) atoms. The smallest absolute Gasteiger partial charge is 0.155 e. The molecule has 0 aromatic carbocycles. The zero-order valence-electron chi connectivity index (χ0n) is 1.46. The molecule has 0 saturated carbocycles. The molecule has 0 amide bonds. The molecule has 0 aromatic heterocycles. The first-order chi connectivity index (χ1) is 1.41. The number of rotatable bonds is 0. The van der Waals surface area contributed by atoms with Crippen molar-refractivity contribution in [1.82, 2.24) is 0 Å². The lowest BCUT2D eigenvalue weighted by Gasteiger charge is -1.39. The monoisotopic (exact) mass is 148 g/mol. The fourth-order valence-corrected chi connectivity index (χ4v) is 0. The summed E-state index contributed by atoms with van der Waals surface area (Å²) in [6.07, 6.45) is 0. The standard InChI is InChI=1S/3CH4.Cl2H2Si/c;;;1-3-2/h3*1H4;3H2. The summed E-state index contributed by atoms with van der Waals surface area (Å²) in [5.41, 5.74) is 0. The molecule has 0 nitrogen and oxygen atoms in total. The summed E-state index contributed by atoms with van der Waals surface area (Å²) in [6.45, 7) is 0. The van der Waals surface area contributed by atoms with E-state index < -0.39 is 8.14 Å². The van der Waals surface area contributed by atoms with Crippen LogP contribution in [0, 0.1) is 0 Å². The van der Waals surface area contributed by atoms with E-state index in [0.717, 1.165) is 0 Å². The SMILES string of the molecule is C.C.C.Cl[SiH2]Cl. The highest BCUT2D eigenvalue weighted by atomic mass is 35.7. The Kier molecular flexibility index (Phi) is 201. The summed E-state index contributed by atoms with van der Waals surface area (Å²) in [4.78, 5) is 0. The van der Waals surface area contributed by atoms with Crippen LogP contribution in [0.25, 0.3) is 0 Å². The van der Waals surface area contributed by atoms with E-state index in [4.69, 9.17) is 22.2 Å². The first kappa shape index (κ1) is 29.2. The lowest BCUT2D eigenvalue weighted by molar-refractivity contribution is 2.50. The first-order valence-electron chi connectivity index (χ1n) is 0.535. The molecule has 44 valence electrons. The Morgan fingerprint density at radius 3 is 0.833 bits per heavy atom. The maximum absolute atomic E-state index is 4.90. The van der Waals surface area contributed by atoms with Crippen LogP contribution >= 0.6 is 22.2 Å². The van der Waals surface area contributed by atoms with Gasteiger partial charge >= 0.3 is 0 Å². The summed E-state index contributed by atoms with van der Waals surface area (Å²) in [5.74, 6) is 0. The van der Waals surface area contributed by atoms with Crippen LogP contribution in [-0.2, 0) is 0 Å². The fraction of sp³-hybridized carbons (Fsp3) is 1.00. The van der Waals surface area contributed by atoms with Crippen molar-refractivity contribution in [2.75, 3.05) is 0 Å². The van der Waals surface area contributed by atoms with Gasteiger partial charge in [0.05, 0.1) is 0 Å². The largest absolute Gasteiger partial charge is 0.222 e. The molecule has 0 radical (unpaired) electrons. The first-order valence-corrected chi connectivity index (χ1v) is 4.81. The Balaban J connectivity index is -0.00000000667. The summed E-state index contributed by atoms with van der Waals surface area (Å²) < 4.78 is 0. The van der Waals surface area contributed by atoms with E-state index in [2.05, 4.69) is 0 Å². The van der Waals surface area contributed by atoms with E-state index in [-0.39, 0.29) is 22.3 Å². The third kappa shape index (κ3) is 109. The van der Waals surface area contributed by atoms with Gasteiger partial charge in [0.2, 0.25) is 8.14 Å². The van der Waals surface area contributed by atoms with Crippen LogP contribution in [0.4, 0.5) is 0 Å². The van der Waals surface area contributed by atoms with Crippen LogP contribution in [-0.4, -0.2) is 8.14 Å². The van der Waals surface area contributed by atoms with Gasteiger partial charge in [-0.25, -0.2) is 0 Å². The Labute approximate surface area is 53.1 Å². The molecule has 0 unspecified atom stereocenters. The average molecular weight is 149 g/mol. The fourth-order valence-electron chi connectivity index (χ4n) is 0. The Morgan fingerprint density at radius 2 is 0.833 bits per heavy atom. The second kappa shape index (κ2) is 41.3. The number of hydrogen-bond acceptors (Lipinski definition) is 0. The molecule has 0 aliphatic rings. The Bertz CT molecular complexity index is 8.75. The zero-order valence-corrected chi connectivity index (χ0v) is 4.39. The quantitative estimate of drug-likeness (QED) is 0.366. The van der Waals surface area contributed by atoms with Gasteiger partial charge in [0.1, 0.15) is 0 Å². The second-order valence-electron chi connectivity index (χ2n) is 0.101. The van der Waals surface area contributed by atoms with E-state index in [0.29, 0.717) is 0 Å². The normalized spacial score (nSPS) is 3.00. The van der Waals surface area contributed by atoms with Crippen molar-refractivity contribution in [2.45, 2.75) is 22.3 Å². The molecule has 0 fully saturated rings. The molecule has 0 spiro atoms. The minimum atomic E-state index is -0.639. The van der Waals surface area contributed by atoms with Gasteiger partial charge in [-0.2, -0.15) is 22.2 Å². The van der Waals surface area contributed by atoms with Crippen molar-refractivity contribution in [3.05, 3.63) is 0 Å². The van der Waals surface area contributed by atoms with Gasteiger partial charge in [0, 0.05) is 0 Å². The Hall–Kier alpha value is 0.797. The molecule has 0 atom stereocenters. The van der Waals surface area contributed by atoms with Crippen LogP contribution in [0.15, 0.2) is 0 Å². The third-order valence-corrected chi connectivity index (χ3v) is 0. The van der Waals surface area contributed by atoms with Crippen LogP contribution in [0.5, 0.6) is 0 Å². The highest BCUT2D eigenvalue weighted by Crippen LogP contribution is 1.67. The summed E-state index contributed by atoms with van der Waals surface area (Å²) in [7, 11) is -0.639. The van der Waals surface area contributed by atoms with Crippen molar-refractivity contribution < 1.29 is 0 Å². The predicted octanol–water partition coefficient (Wildman–Crippen LogP) is 2.37. The third-order valence-electron chi connectivity index (χ3n) is 0. The summed E-state index contributed by atoms with van der Waals surface area (Å²) in [6, 6.07) is 0. The van der Waals surface area contributed by atoms with Crippen LogP contribution in [0.1, 0.15) is 22.3 Å². The topological polar surface area (TPSA) is 0 Å². The molecule has 0 aliphatic carbocycles. The van der Waals surface area contributed by atoms with Crippen molar-refractivity contribution in [3.63, 3.8) is 0 Å². The van der Waals surface area contributed by atoms with Gasteiger partial charge in [0.15, 0.2) is 0 Å². The minimum absolute atomic E-state index is 0. The van der Waals surface area contributed by atoms with Crippen LogP contribution < -0.4 is 0 Å². The van der Waals surface area contributed by atoms with E-state index in [9.17, 15) is 0 Å². The second-order valence-corrected chi connectivity index (χ2v) is 2.73. The van der Waals surface area contributed by atoms with E-state index in [1.54, 1.807) is 0 Å². The van der Waals surface area contributed by atoms with E-state index >= 15 is 0 Å². The predicted molar refractivity (Wildman–Crippen MR) is 40.4 cm³/mol. The molecule has 0 N–H and O–H groups in total. The van der Waals surface area contributed by atoms with Gasteiger partial charge < -0.3 is 0 Å². The van der Waals surface area contributed by atoms with Gasteiger partial charge in [-0.1, -0.05) is 22.3 Å². The molecular weight excluding hydrogens is 135 g/mol. The maximum Gasteiger partial charge on any atom is 0.222 e. The number of halogens is 2. The van der Waals surface area contributed by atoms with Crippen molar-refractivity contribution >= 4 is 30.3 Å². The maximum atomic E-state index is 4.90. The summed E-state index contributed by atoms with van der Waals surface area (Å²) in [5, 5.41) is 0. The van der Waals surface area contributed by atoms with Crippen molar-refractivity contribution in [2.24, 2.45) is 0 Å². The molecule has 0 aromatic rings. The summed E-state index contributed by atoms with van der Waals surface area (Å²) >= 11 is 9.81. The molecular formula is C3H14Cl2Si. The molecule has 0 aliphatic heterocycles. The Morgan fingerprint density at radius 1 is 0.833 bits per heavy atom. The molecule has 0 bridgehead atoms. The molecule has 0 heterocycles.